The van der Waals surface area contributed by atoms with Crippen molar-refractivity contribution in [2.24, 2.45) is 0 Å². The van der Waals surface area contributed by atoms with Gasteiger partial charge in [0.2, 0.25) is 5.91 Å². The fraction of sp³-hybridized carbons (Fsp3) is 0.746. The van der Waals surface area contributed by atoms with Gasteiger partial charge in [0.15, 0.2) is 0 Å². The highest BCUT2D eigenvalue weighted by Crippen LogP contribution is 2.38. The Morgan fingerprint density at radius 2 is 0.816 bits per heavy atom. The summed E-state index contributed by atoms with van der Waals surface area (Å²) in [5.74, 6) is -0.211. The average molecular weight is 1080 g/mol. The number of quaternary nitrogens is 1. The Balaban J connectivity index is 4.10. The van der Waals surface area contributed by atoms with Crippen LogP contribution in [-0.2, 0) is 18.4 Å². The van der Waals surface area contributed by atoms with Gasteiger partial charge in [0.05, 0.1) is 39.9 Å². The number of carbonyl (C=O) groups excluding carboxylic acids is 1. The lowest BCUT2D eigenvalue weighted by atomic mass is 10.0. The quantitative estimate of drug-likeness (QED) is 0.0272. The van der Waals surface area contributed by atoms with Gasteiger partial charge in [-0.2, -0.15) is 0 Å². The predicted molar refractivity (Wildman–Crippen MR) is 329 cm³/mol. The molecule has 0 spiro atoms. The number of carbonyl (C=O) groups is 1. The van der Waals surface area contributed by atoms with Gasteiger partial charge >= 0.3 is 0 Å². The van der Waals surface area contributed by atoms with Crippen LogP contribution in [0.2, 0.25) is 0 Å². The molecular weight excluding hydrogens is 960 g/mol. The highest BCUT2D eigenvalue weighted by molar-refractivity contribution is 7.45. The first-order valence-electron chi connectivity index (χ1n) is 31.6. The van der Waals surface area contributed by atoms with Gasteiger partial charge in [0, 0.05) is 6.42 Å². The molecular formula is C67H121N2O6P. The highest BCUT2D eigenvalue weighted by Gasteiger charge is 2.23. The topological polar surface area (TPSA) is 108 Å². The molecule has 1 amide bonds. The Bertz CT molecular complexity index is 1560. The number of aliphatic hydroxyl groups is 1. The van der Waals surface area contributed by atoms with Gasteiger partial charge in [-0.25, -0.2) is 0 Å². The number of hydrogen-bond acceptors (Lipinski definition) is 6. The summed E-state index contributed by atoms with van der Waals surface area (Å²) in [5, 5.41) is 13.9. The lowest BCUT2D eigenvalue weighted by Crippen LogP contribution is -2.45. The number of likely N-dealkylation sites (N-methyl/N-ethyl adjacent to an activating group) is 1. The Morgan fingerprint density at radius 1 is 0.474 bits per heavy atom. The summed E-state index contributed by atoms with van der Waals surface area (Å²) in [7, 11) is 1.23. The highest BCUT2D eigenvalue weighted by atomic mass is 31.2. The molecule has 3 unspecified atom stereocenters. The molecule has 0 aliphatic rings. The maximum absolute atomic E-state index is 13.0. The Morgan fingerprint density at radius 3 is 1.22 bits per heavy atom. The number of phosphoric acid groups is 1. The molecule has 440 valence electrons. The molecule has 0 saturated heterocycles. The minimum absolute atomic E-state index is 0.0112. The monoisotopic (exact) mass is 1080 g/mol. The maximum Gasteiger partial charge on any atom is 0.268 e. The van der Waals surface area contributed by atoms with Gasteiger partial charge in [0.1, 0.15) is 13.2 Å². The largest absolute Gasteiger partial charge is 0.756 e. The molecule has 9 heteroatoms. The van der Waals surface area contributed by atoms with Crippen LogP contribution >= 0.6 is 7.82 Å². The minimum Gasteiger partial charge on any atom is -0.756 e. The van der Waals surface area contributed by atoms with Crippen LogP contribution in [-0.4, -0.2) is 68.5 Å². The van der Waals surface area contributed by atoms with E-state index in [2.05, 4.69) is 104 Å². The van der Waals surface area contributed by atoms with Crippen molar-refractivity contribution < 1.29 is 32.9 Å². The zero-order valence-corrected chi connectivity index (χ0v) is 51.1. The number of aliphatic hydroxyl groups excluding tert-OH is 1. The van der Waals surface area contributed by atoms with E-state index >= 15 is 0 Å². The van der Waals surface area contributed by atoms with Gasteiger partial charge in [-0.15, -0.1) is 0 Å². The van der Waals surface area contributed by atoms with Gasteiger partial charge in [0.25, 0.3) is 7.82 Å². The molecule has 0 heterocycles. The Kier molecular flexibility index (Phi) is 55.2. The zero-order valence-electron chi connectivity index (χ0n) is 50.2. The molecule has 8 nitrogen and oxygen atoms in total. The first-order valence-corrected chi connectivity index (χ1v) is 33.1. The average Bonchev–Trinajstić information content (AvgIpc) is 3.38. The Hall–Kier alpha value is -2.58. The lowest BCUT2D eigenvalue weighted by Gasteiger charge is -2.29. The summed E-state index contributed by atoms with van der Waals surface area (Å²) >= 11 is 0. The van der Waals surface area contributed by atoms with Crippen LogP contribution < -0.4 is 10.2 Å². The minimum atomic E-state index is -4.61. The van der Waals surface area contributed by atoms with Crippen molar-refractivity contribution in [1.82, 2.24) is 5.32 Å². The molecule has 0 aliphatic heterocycles. The second-order valence-corrected chi connectivity index (χ2v) is 23.8. The van der Waals surface area contributed by atoms with Crippen LogP contribution in [0.5, 0.6) is 0 Å². The number of hydrogen-bond donors (Lipinski definition) is 2. The SMILES string of the molecule is CC/C=C\C/C=C\C/C=C\C/C=C\C/C=C\CCCCCCCCCCCCCCCCCCCCCC(=O)NC(COP(=O)([O-])OCC[N+](C)(C)C)C(O)/C=C/CC/C=C/CC/C=C/CCCCCCCCCCC. The molecule has 0 rings (SSSR count). The summed E-state index contributed by atoms with van der Waals surface area (Å²) in [4.78, 5) is 25.5. The summed E-state index contributed by atoms with van der Waals surface area (Å²) in [6.07, 6.45) is 82.2. The first kappa shape index (κ1) is 73.4. The van der Waals surface area contributed by atoms with Crippen LogP contribution in [0.25, 0.3) is 0 Å². The summed E-state index contributed by atoms with van der Waals surface area (Å²) in [6, 6.07) is -0.914. The van der Waals surface area contributed by atoms with Crippen LogP contribution in [0.1, 0.15) is 271 Å². The van der Waals surface area contributed by atoms with Gasteiger partial charge in [-0.05, 0) is 89.9 Å². The van der Waals surface area contributed by atoms with Crippen molar-refractivity contribution in [1.29, 1.82) is 0 Å². The number of phosphoric ester groups is 1. The molecule has 0 saturated carbocycles. The van der Waals surface area contributed by atoms with E-state index in [-0.39, 0.29) is 12.5 Å². The number of nitrogens with zero attached hydrogens (tertiary/aromatic N) is 1. The van der Waals surface area contributed by atoms with Crippen molar-refractivity contribution in [3.05, 3.63) is 97.2 Å². The van der Waals surface area contributed by atoms with Crippen LogP contribution in [0.3, 0.4) is 0 Å². The van der Waals surface area contributed by atoms with E-state index in [0.29, 0.717) is 17.4 Å². The number of nitrogens with one attached hydrogen (secondary N) is 1. The van der Waals surface area contributed by atoms with Crippen molar-refractivity contribution in [2.45, 2.75) is 283 Å². The molecule has 0 aliphatic carbocycles. The molecule has 0 radical (unpaired) electrons. The van der Waals surface area contributed by atoms with Crippen molar-refractivity contribution in [3.63, 3.8) is 0 Å². The van der Waals surface area contributed by atoms with E-state index in [1.165, 1.54) is 173 Å². The molecule has 3 atom stereocenters. The van der Waals surface area contributed by atoms with E-state index < -0.39 is 26.6 Å². The summed E-state index contributed by atoms with van der Waals surface area (Å²) in [6.45, 7) is 4.52. The van der Waals surface area contributed by atoms with Crippen LogP contribution in [0, 0.1) is 0 Å². The molecule has 0 fully saturated rings. The second kappa shape index (κ2) is 57.1. The first-order chi connectivity index (χ1) is 37.0. The summed E-state index contributed by atoms with van der Waals surface area (Å²) < 4.78 is 23.4. The third-order valence-electron chi connectivity index (χ3n) is 13.8. The van der Waals surface area contributed by atoms with E-state index in [9.17, 15) is 19.4 Å². The third kappa shape index (κ3) is 59.1. The van der Waals surface area contributed by atoms with Crippen molar-refractivity contribution >= 4 is 13.7 Å². The third-order valence-corrected chi connectivity index (χ3v) is 14.7. The molecule has 0 bridgehead atoms. The predicted octanol–water partition coefficient (Wildman–Crippen LogP) is 19.1. The normalized spacial score (nSPS) is 14.5. The molecule has 2 N–H and O–H groups in total. The van der Waals surface area contributed by atoms with E-state index in [1.54, 1.807) is 6.08 Å². The van der Waals surface area contributed by atoms with Crippen molar-refractivity contribution in [2.75, 3.05) is 40.9 Å². The lowest BCUT2D eigenvalue weighted by molar-refractivity contribution is -0.870. The smallest absolute Gasteiger partial charge is 0.268 e. The standard InChI is InChI=1S/C67H121N2O6P/c1-6-8-10-12-14-16-18-20-22-24-26-27-28-29-30-31-32-33-34-35-36-37-38-39-40-41-43-45-47-49-51-53-55-57-59-61-67(71)68-65(64-75-76(72,73)74-63-62-69(3,4)5)66(70)60-58-56-54-52-50-48-46-44-42-25-23-21-19-17-15-13-11-9-7-2/h8,10,14,16,20,22,26-27,29-30,42,44,50,52,58,60,65-66,70H,6-7,9,11-13,15,17-19,21,23-25,28,31-41,43,45-49,51,53-57,59,61-64H2,1-5H3,(H-,68,71,72,73)/b10-8-,16-14-,22-20-,27-26-,30-29-,44-42+,52-50+,60-58+. The summed E-state index contributed by atoms with van der Waals surface area (Å²) in [5.41, 5.74) is 0. The Labute approximate surface area is 470 Å². The molecule has 0 aromatic heterocycles. The number of unbranched alkanes of at least 4 members (excludes halogenated alkanes) is 30. The van der Waals surface area contributed by atoms with Gasteiger partial charge in [-0.3, -0.25) is 9.36 Å². The molecule has 0 aromatic carbocycles. The molecule has 0 aromatic rings. The zero-order chi connectivity index (χ0) is 55.6. The fourth-order valence-corrected chi connectivity index (χ4v) is 9.58. The number of allylic oxidation sites excluding steroid dienone is 15. The molecule has 76 heavy (non-hydrogen) atoms. The van der Waals surface area contributed by atoms with E-state index in [0.717, 1.165) is 77.0 Å². The number of rotatable bonds is 57. The maximum atomic E-state index is 13.0. The van der Waals surface area contributed by atoms with Crippen LogP contribution in [0.4, 0.5) is 0 Å². The fourth-order valence-electron chi connectivity index (χ4n) is 8.86. The van der Waals surface area contributed by atoms with Crippen molar-refractivity contribution in [3.8, 4) is 0 Å². The van der Waals surface area contributed by atoms with Gasteiger partial charge in [-0.1, -0.05) is 272 Å². The van der Waals surface area contributed by atoms with E-state index in [1.807, 2.05) is 27.2 Å². The van der Waals surface area contributed by atoms with Crippen LogP contribution in [0.15, 0.2) is 97.2 Å². The van der Waals surface area contributed by atoms with Gasteiger partial charge < -0.3 is 28.8 Å². The second-order valence-electron chi connectivity index (χ2n) is 22.4. The number of amides is 1. The van der Waals surface area contributed by atoms with E-state index in [4.69, 9.17) is 9.05 Å².